The highest BCUT2D eigenvalue weighted by Crippen LogP contribution is 2.12. The van der Waals surface area contributed by atoms with Crippen LogP contribution >= 0.6 is 11.3 Å². The summed E-state index contributed by atoms with van der Waals surface area (Å²) in [7, 11) is 0. The Morgan fingerprint density at radius 2 is 2.33 bits per heavy atom. The zero-order valence-electron chi connectivity index (χ0n) is 9.45. The molecule has 0 aliphatic carbocycles. The van der Waals surface area contributed by atoms with Crippen LogP contribution in [0.2, 0.25) is 0 Å². The van der Waals surface area contributed by atoms with Crippen LogP contribution in [-0.2, 0) is 16.0 Å². The Balaban J connectivity index is 2.18. The lowest BCUT2D eigenvalue weighted by atomic mass is 10.1. The second-order valence-electron chi connectivity index (χ2n) is 3.78. The van der Waals surface area contributed by atoms with E-state index in [0.717, 1.165) is 12.1 Å². The maximum atomic E-state index is 11.2. The standard InChI is InChI=1S/C11H17NO2S/c1-8(2)10(13)6-14-5-4-11-9(3)12-7-15-11/h7-8H,4-6H2,1-3H3. The molecule has 1 rings (SSSR count). The molecule has 1 heterocycles. The number of carbonyl (C=O) groups is 1. The van der Waals surface area contributed by atoms with Gasteiger partial charge in [-0.15, -0.1) is 11.3 Å². The van der Waals surface area contributed by atoms with Gasteiger partial charge in [0.15, 0.2) is 5.78 Å². The van der Waals surface area contributed by atoms with Gasteiger partial charge in [-0.1, -0.05) is 13.8 Å². The highest BCUT2D eigenvalue weighted by molar-refractivity contribution is 7.09. The number of ketones is 1. The van der Waals surface area contributed by atoms with Crippen molar-refractivity contribution in [1.82, 2.24) is 4.98 Å². The molecule has 0 amide bonds. The molecule has 1 aromatic heterocycles. The fourth-order valence-electron chi connectivity index (χ4n) is 1.07. The number of hydrogen-bond acceptors (Lipinski definition) is 4. The van der Waals surface area contributed by atoms with Gasteiger partial charge in [0, 0.05) is 17.2 Å². The van der Waals surface area contributed by atoms with Crippen molar-refractivity contribution in [2.24, 2.45) is 5.92 Å². The second-order valence-corrected chi connectivity index (χ2v) is 4.72. The van der Waals surface area contributed by atoms with Crippen LogP contribution in [0.3, 0.4) is 0 Å². The van der Waals surface area contributed by atoms with E-state index >= 15 is 0 Å². The number of thiazole rings is 1. The van der Waals surface area contributed by atoms with Gasteiger partial charge in [0.2, 0.25) is 0 Å². The van der Waals surface area contributed by atoms with Crippen molar-refractivity contribution in [2.45, 2.75) is 27.2 Å². The summed E-state index contributed by atoms with van der Waals surface area (Å²) < 4.78 is 5.31. The van der Waals surface area contributed by atoms with E-state index in [4.69, 9.17) is 4.74 Å². The molecule has 0 N–H and O–H groups in total. The first-order valence-corrected chi connectivity index (χ1v) is 5.98. The number of ether oxygens (including phenoxy) is 1. The van der Waals surface area contributed by atoms with Crippen molar-refractivity contribution < 1.29 is 9.53 Å². The van der Waals surface area contributed by atoms with Crippen molar-refractivity contribution in [1.29, 1.82) is 0 Å². The monoisotopic (exact) mass is 227 g/mol. The van der Waals surface area contributed by atoms with Crippen LogP contribution in [0.4, 0.5) is 0 Å². The molecule has 0 unspecified atom stereocenters. The van der Waals surface area contributed by atoms with Crippen molar-refractivity contribution in [2.75, 3.05) is 13.2 Å². The number of rotatable bonds is 6. The molecule has 1 aromatic rings. The Hall–Kier alpha value is -0.740. The normalized spacial score (nSPS) is 10.9. The van der Waals surface area contributed by atoms with Crippen LogP contribution in [0.25, 0.3) is 0 Å². The van der Waals surface area contributed by atoms with Crippen molar-refractivity contribution in [3.8, 4) is 0 Å². The van der Waals surface area contributed by atoms with Gasteiger partial charge in [0.25, 0.3) is 0 Å². The zero-order chi connectivity index (χ0) is 11.3. The molecule has 0 bridgehead atoms. The molecule has 0 aromatic carbocycles. The maximum absolute atomic E-state index is 11.2. The average Bonchev–Trinajstić information content (AvgIpc) is 2.58. The first kappa shape index (κ1) is 12.3. The molecule has 0 fully saturated rings. The summed E-state index contributed by atoms with van der Waals surface area (Å²) in [6.45, 7) is 6.60. The van der Waals surface area contributed by atoms with Crippen molar-refractivity contribution in [3.05, 3.63) is 16.1 Å². The largest absolute Gasteiger partial charge is 0.373 e. The van der Waals surface area contributed by atoms with Crippen LogP contribution in [0.15, 0.2) is 5.51 Å². The molecule has 3 nitrogen and oxygen atoms in total. The number of aryl methyl sites for hydroxylation is 1. The van der Waals surface area contributed by atoms with Crippen LogP contribution in [0.1, 0.15) is 24.4 Å². The molecule has 0 atom stereocenters. The van der Waals surface area contributed by atoms with Gasteiger partial charge in [-0.05, 0) is 6.92 Å². The molecular weight excluding hydrogens is 210 g/mol. The summed E-state index contributed by atoms with van der Waals surface area (Å²) in [4.78, 5) is 16.6. The first-order chi connectivity index (χ1) is 7.11. The zero-order valence-corrected chi connectivity index (χ0v) is 10.3. The highest BCUT2D eigenvalue weighted by Gasteiger charge is 2.07. The predicted molar refractivity (Wildman–Crippen MR) is 61.2 cm³/mol. The van der Waals surface area contributed by atoms with E-state index in [-0.39, 0.29) is 18.3 Å². The molecule has 0 saturated heterocycles. The Morgan fingerprint density at radius 1 is 1.60 bits per heavy atom. The van der Waals surface area contributed by atoms with E-state index in [2.05, 4.69) is 4.98 Å². The van der Waals surface area contributed by atoms with Crippen molar-refractivity contribution >= 4 is 17.1 Å². The van der Waals surface area contributed by atoms with Crippen molar-refractivity contribution in [3.63, 3.8) is 0 Å². The Bertz CT molecular complexity index is 320. The van der Waals surface area contributed by atoms with Gasteiger partial charge in [0.1, 0.15) is 6.61 Å². The third-order valence-corrected chi connectivity index (χ3v) is 3.20. The number of hydrogen-bond donors (Lipinski definition) is 0. The lowest BCUT2D eigenvalue weighted by Crippen LogP contribution is -2.15. The lowest BCUT2D eigenvalue weighted by molar-refractivity contribution is -0.126. The fraction of sp³-hybridized carbons (Fsp3) is 0.636. The Morgan fingerprint density at radius 3 is 2.87 bits per heavy atom. The van der Waals surface area contributed by atoms with E-state index in [1.165, 1.54) is 4.88 Å². The second kappa shape index (κ2) is 5.98. The third-order valence-electron chi connectivity index (χ3n) is 2.21. The Kier molecular flexibility index (Phi) is 4.91. The van der Waals surface area contributed by atoms with E-state index in [0.29, 0.717) is 6.61 Å². The summed E-state index contributed by atoms with van der Waals surface area (Å²) in [5.41, 5.74) is 2.91. The number of carbonyl (C=O) groups excluding carboxylic acids is 1. The number of nitrogens with zero attached hydrogens (tertiary/aromatic N) is 1. The van der Waals surface area contributed by atoms with Crippen LogP contribution in [0, 0.1) is 12.8 Å². The minimum Gasteiger partial charge on any atom is -0.373 e. The molecule has 4 heteroatoms. The molecule has 15 heavy (non-hydrogen) atoms. The van der Waals surface area contributed by atoms with Crippen LogP contribution in [0.5, 0.6) is 0 Å². The highest BCUT2D eigenvalue weighted by atomic mass is 32.1. The maximum Gasteiger partial charge on any atom is 0.160 e. The Labute approximate surface area is 94.5 Å². The summed E-state index contributed by atoms with van der Waals surface area (Å²) in [5, 5.41) is 0. The van der Waals surface area contributed by atoms with Crippen LogP contribution in [-0.4, -0.2) is 24.0 Å². The average molecular weight is 227 g/mol. The molecule has 0 saturated carbocycles. The summed E-state index contributed by atoms with van der Waals surface area (Å²) in [6.07, 6.45) is 0.849. The van der Waals surface area contributed by atoms with Crippen LogP contribution < -0.4 is 0 Å². The predicted octanol–water partition coefficient (Wildman–Crippen LogP) is 2.24. The summed E-state index contributed by atoms with van der Waals surface area (Å²) in [5.74, 6) is 0.228. The van der Waals surface area contributed by atoms with Gasteiger partial charge >= 0.3 is 0 Å². The first-order valence-electron chi connectivity index (χ1n) is 5.10. The SMILES string of the molecule is Cc1ncsc1CCOCC(=O)C(C)C. The molecular formula is C11H17NO2S. The third kappa shape index (κ3) is 4.10. The minimum absolute atomic E-state index is 0.0649. The van der Waals surface area contributed by atoms with Gasteiger partial charge in [-0.3, -0.25) is 4.79 Å². The molecule has 0 aliphatic heterocycles. The van der Waals surface area contributed by atoms with E-state index in [1.807, 2.05) is 26.3 Å². The topological polar surface area (TPSA) is 39.2 Å². The van der Waals surface area contributed by atoms with E-state index in [9.17, 15) is 4.79 Å². The van der Waals surface area contributed by atoms with E-state index in [1.54, 1.807) is 11.3 Å². The lowest BCUT2D eigenvalue weighted by Gasteiger charge is -2.05. The fourth-order valence-corrected chi connectivity index (χ4v) is 1.83. The smallest absolute Gasteiger partial charge is 0.160 e. The minimum atomic E-state index is 0.0649. The molecule has 0 spiro atoms. The van der Waals surface area contributed by atoms with E-state index < -0.39 is 0 Å². The quantitative estimate of drug-likeness (QED) is 0.700. The van der Waals surface area contributed by atoms with Gasteiger partial charge in [0.05, 0.1) is 17.8 Å². The molecule has 84 valence electrons. The summed E-state index contributed by atoms with van der Waals surface area (Å²) in [6, 6.07) is 0. The van der Waals surface area contributed by atoms with Gasteiger partial charge in [-0.25, -0.2) is 4.98 Å². The van der Waals surface area contributed by atoms with Gasteiger partial charge in [-0.2, -0.15) is 0 Å². The number of aromatic nitrogens is 1. The molecule has 0 radical (unpaired) electrons. The molecule has 0 aliphatic rings. The van der Waals surface area contributed by atoms with Gasteiger partial charge < -0.3 is 4.74 Å². The number of Topliss-reactive ketones (excluding diaryl/α,β-unsaturated/α-hetero) is 1. The summed E-state index contributed by atoms with van der Waals surface area (Å²) >= 11 is 1.64.